The molecule has 0 saturated heterocycles. The fourth-order valence-electron chi connectivity index (χ4n) is 2.74. The Bertz CT molecular complexity index is 1130. The average molecular weight is 383 g/mol. The third-order valence-electron chi connectivity index (χ3n) is 3.99. The largest absolute Gasteiger partial charge is 0.361 e. The minimum Gasteiger partial charge on any atom is -0.361 e. The highest BCUT2D eigenvalue weighted by molar-refractivity contribution is 6.40. The van der Waals surface area contributed by atoms with E-state index in [0.717, 1.165) is 16.5 Å². The van der Waals surface area contributed by atoms with Crippen LogP contribution in [0.1, 0.15) is 15.9 Å². The summed E-state index contributed by atoms with van der Waals surface area (Å²) >= 11 is 12.2. The number of hydrogen-bond acceptors (Lipinski definition) is 3. The molecule has 0 spiro atoms. The molecular formula is C19H12Cl2N4O. The predicted molar refractivity (Wildman–Crippen MR) is 103 cm³/mol. The Morgan fingerprint density at radius 1 is 1.15 bits per heavy atom. The van der Waals surface area contributed by atoms with Crippen LogP contribution in [0.3, 0.4) is 0 Å². The van der Waals surface area contributed by atoms with Crippen LogP contribution in [0.2, 0.25) is 10.0 Å². The summed E-state index contributed by atoms with van der Waals surface area (Å²) in [5.41, 5.74) is 2.52. The molecule has 0 aliphatic rings. The fourth-order valence-corrected chi connectivity index (χ4v) is 3.23. The molecule has 2 heterocycles. The smallest absolute Gasteiger partial charge is 0.212 e. The normalized spacial score (nSPS) is 11.8. The van der Waals surface area contributed by atoms with E-state index in [0.29, 0.717) is 16.3 Å². The summed E-state index contributed by atoms with van der Waals surface area (Å²) < 4.78 is 1.43. The van der Waals surface area contributed by atoms with E-state index < -0.39 is 0 Å². The van der Waals surface area contributed by atoms with Crippen molar-refractivity contribution in [3.05, 3.63) is 82.5 Å². The van der Waals surface area contributed by atoms with Crippen molar-refractivity contribution in [1.29, 1.82) is 0 Å². The highest BCUT2D eigenvalue weighted by atomic mass is 35.5. The number of carbonyl (C=O) groups excluding carboxylic acids is 1. The molecule has 0 aliphatic heterocycles. The van der Waals surface area contributed by atoms with Gasteiger partial charge in [0.15, 0.2) is 0 Å². The summed E-state index contributed by atoms with van der Waals surface area (Å²) in [6.07, 6.45) is 6.46. The van der Waals surface area contributed by atoms with Gasteiger partial charge in [-0.15, -0.1) is 0 Å². The molecule has 2 aromatic heterocycles. The van der Waals surface area contributed by atoms with Gasteiger partial charge in [-0.2, -0.15) is 5.10 Å². The highest BCUT2D eigenvalue weighted by Gasteiger charge is 2.19. The van der Waals surface area contributed by atoms with Gasteiger partial charge in [-0.25, -0.2) is 9.67 Å². The van der Waals surface area contributed by atoms with Gasteiger partial charge in [0.1, 0.15) is 18.4 Å². The second kappa shape index (κ2) is 6.78. The molecule has 0 saturated carbocycles. The molecule has 26 heavy (non-hydrogen) atoms. The minimum absolute atomic E-state index is 0.276. The number of ketones is 1. The van der Waals surface area contributed by atoms with E-state index in [1.165, 1.54) is 17.3 Å². The van der Waals surface area contributed by atoms with Crippen LogP contribution in [-0.4, -0.2) is 25.5 Å². The monoisotopic (exact) mass is 382 g/mol. The Kier molecular flexibility index (Phi) is 4.32. The van der Waals surface area contributed by atoms with Crippen LogP contribution in [-0.2, 0) is 0 Å². The maximum absolute atomic E-state index is 13.1. The predicted octanol–water partition coefficient (Wildman–Crippen LogP) is 4.95. The molecule has 1 N–H and O–H groups in total. The number of H-pyrrole nitrogens is 1. The third-order valence-corrected chi connectivity index (χ3v) is 4.54. The molecule has 4 aromatic rings. The molecule has 5 nitrogen and oxygen atoms in total. The summed E-state index contributed by atoms with van der Waals surface area (Å²) in [7, 11) is 0. The number of allylic oxidation sites excluding steroid dienone is 1. The molecule has 0 radical (unpaired) electrons. The number of fused-ring (bicyclic) bond motifs is 1. The Hall–Kier alpha value is -2.89. The molecule has 0 bridgehead atoms. The number of halogens is 2. The van der Waals surface area contributed by atoms with Gasteiger partial charge in [-0.05, 0) is 30.3 Å². The second-order valence-corrected chi connectivity index (χ2v) is 6.46. The molecule has 4 rings (SSSR count). The number of hydrogen-bond donors (Lipinski definition) is 1. The van der Waals surface area contributed by atoms with E-state index in [1.54, 1.807) is 24.3 Å². The zero-order valence-electron chi connectivity index (χ0n) is 13.4. The summed E-state index contributed by atoms with van der Waals surface area (Å²) in [5.74, 6) is -0.276. The summed E-state index contributed by atoms with van der Waals surface area (Å²) in [6, 6.07) is 12.6. The molecule has 128 valence electrons. The second-order valence-electron chi connectivity index (χ2n) is 5.61. The number of aromatic amines is 1. The number of rotatable bonds is 4. The van der Waals surface area contributed by atoms with Crippen molar-refractivity contribution < 1.29 is 4.79 Å². The molecule has 7 heteroatoms. The van der Waals surface area contributed by atoms with Gasteiger partial charge in [-0.3, -0.25) is 4.79 Å². The molecule has 0 fully saturated rings. The topological polar surface area (TPSA) is 63.6 Å². The maximum Gasteiger partial charge on any atom is 0.212 e. The van der Waals surface area contributed by atoms with Crippen LogP contribution < -0.4 is 0 Å². The first-order chi connectivity index (χ1) is 12.6. The third kappa shape index (κ3) is 3.03. The Morgan fingerprint density at radius 3 is 2.77 bits per heavy atom. The van der Waals surface area contributed by atoms with Crippen molar-refractivity contribution in [3.8, 4) is 0 Å². The minimum atomic E-state index is -0.276. The number of carbonyl (C=O) groups is 1. The van der Waals surface area contributed by atoms with Crippen molar-refractivity contribution in [2.45, 2.75) is 0 Å². The van der Waals surface area contributed by atoms with Crippen molar-refractivity contribution >= 4 is 51.7 Å². The Balaban J connectivity index is 1.87. The van der Waals surface area contributed by atoms with Crippen molar-refractivity contribution in [1.82, 2.24) is 19.7 Å². The lowest BCUT2D eigenvalue weighted by Crippen LogP contribution is -2.10. The number of nitrogens with zero attached hydrogens (tertiary/aromatic N) is 3. The van der Waals surface area contributed by atoms with E-state index in [4.69, 9.17) is 23.2 Å². The van der Waals surface area contributed by atoms with Gasteiger partial charge in [0.05, 0.1) is 5.02 Å². The number of Topliss-reactive ketones (excluding diaryl/α,β-unsaturated/α-hetero) is 1. The van der Waals surface area contributed by atoms with Crippen molar-refractivity contribution in [3.63, 3.8) is 0 Å². The lowest BCUT2D eigenvalue weighted by Gasteiger charge is -2.08. The van der Waals surface area contributed by atoms with Gasteiger partial charge >= 0.3 is 0 Å². The van der Waals surface area contributed by atoms with E-state index in [1.807, 2.05) is 30.5 Å². The molecule has 0 unspecified atom stereocenters. The first-order valence-corrected chi connectivity index (χ1v) is 8.51. The standard InChI is InChI=1S/C19H12Cl2N4O/c20-13-5-6-15(16(21)8-13)19(26)18(25-11-22-10-24-25)7-12-9-23-17-4-2-1-3-14(12)17/h1-11,23H/b18-7-. The molecule has 2 aromatic carbocycles. The van der Waals surface area contributed by atoms with E-state index >= 15 is 0 Å². The van der Waals surface area contributed by atoms with Crippen molar-refractivity contribution in [2.24, 2.45) is 0 Å². The quantitative estimate of drug-likeness (QED) is 0.401. The number of aromatic nitrogens is 4. The van der Waals surface area contributed by atoms with Gasteiger partial charge < -0.3 is 4.98 Å². The van der Waals surface area contributed by atoms with E-state index in [2.05, 4.69) is 15.1 Å². The molecule has 0 amide bonds. The zero-order chi connectivity index (χ0) is 18.1. The number of para-hydroxylation sites is 1. The SMILES string of the molecule is O=C(/C(=C/c1c[nH]c2ccccc12)n1cncn1)c1ccc(Cl)cc1Cl. The Morgan fingerprint density at radius 2 is 2.00 bits per heavy atom. The average Bonchev–Trinajstić information content (AvgIpc) is 3.29. The number of nitrogens with one attached hydrogen (secondary N) is 1. The lowest BCUT2D eigenvalue weighted by atomic mass is 10.1. The maximum atomic E-state index is 13.1. The zero-order valence-corrected chi connectivity index (χ0v) is 14.9. The summed E-state index contributed by atoms with van der Waals surface area (Å²) in [6.45, 7) is 0. The van der Waals surface area contributed by atoms with Crippen LogP contribution >= 0.6 is 23.2 Å². The van der Waals surface area contributed by atoms with Crippen LogP contribution in [0.5, 0.6) is 0 Å². The van der Waals surface area contributed by atoms with Gasteiger partial charge in [0, 0.05) is 33.2 Å². The first-order valence-electron chi connectivity index (χ1n) is 7.76. The van der Waals surface area contributed by atoms with Crippen molar-refractivity contribution in [2.75, 3.05) is 0 Å². The van der Waals surface area contributed by atoms with Crippen LogP contribution in [0.4, 0.5) is 0 Å². The number of benzene rings is 2. The molecule has 0 aliphatic carbocycles. The summed E-state index contributed by atoms with van der Waals surface area (Å²) in [4.78, 5) is 20.3. The summed E-state index contributed by atoms with van der Waals surface area (Å²) in [5, 5.41) is 5.86. The first kappa shape index (κ1) is 16.6. The van der Waals surface area contributed by atoms with Crippen LogP contribution in [0, 0.1) is 0 Å². The van der Waals surface area contributed by atoms with Crippen LogP contribution in [0.25, 0.3) is 22.7 Å². The van der Waals surface area contributed by atoms with Gasteiger partial charge in [-0.1, -0.05) is 41.4 Å². The van der Waals surface area contributed by atoms with Gasteiger partial charge in [0.2, 0.25) is 5.78 Å². The van der Waals surface area contributed by atoms with Crippen LogP contribution in [0.15, 0.2) is 61.3 Å². The van der Waals surface area contributed by atoms with E-state index in [-0.39, 0.29) is 10.8 Å². The lowest BCUT2D eigenvalue weighted by molar-refractivity contribution is 0.105. The molecular weight excluding hydrogens is 371 g/mol. The fraction of sp³-hybridized carbons (Fsp3) is 0. The Labute approximate surface area is 158 Å². The molecule has 0 atom stereocenters. The highest BCUT2D eigenvalue weighted by Crippen LogP contribution is 2.27. The van der Waals surface area contributed by atoms with Gasteiger partial charge in [0.25, 0.3) is 0 Å². The van der Waals surface area contributed by atoms with E-state index in [9.17, 15) is 4.79 Å².